The fourth-order valence-corrected chi connectivity index (χ4v) is 3.07. The Hall–Kier alpha value is -1.92. The molecule has 3 rings (SSSR count). The maximum Gasteiger partial charge on any atom is 0.225 e. The smallest absolute Gasteiger partial charge is 0.225 e. The highest BCUT2D eigenvalue weighted by Gasteiger charge is 2.13. The van der Waals surface area contributed by atoms with Crippen LogP contribution in [0.1, 0.15) is 4.88 Å². The van der Waals surface area contributed by atoms with Gasteiger partial charge in [0, 0.05) is 11.9 Å². The van der Waals surface area contributed by atoms with Crippen molar-refractivity contribution in [3.8, 4) is 0 Å². The van der Waals surface area contributed by atoms with Gasteiger partial charge in [-0.3, -0.25) is 0 Å². The van der Waals surface area contributed by atoms with E-state index >= 15 is 0 Å². The molecule has 108 valence electrons. The highest BCUT2D eigenvalue weighted by Crippen LogP contribution is 2.34. The second-order valence-corrected chi connectivity index (χ2v) is 6.09. The fourth-order valence-electron chi connectivity index (χ4n) is 1.98. The molecule has 0 radical (unpaired) electrons. The summed E-state index contributed by atoms with van der Waals surface area (Å²) in [5, 5.41) is 7.03. The number of aromatic nitrogens is 2. The van der Waals surface area contributed by atoms with Crippen molar-refractivity contribution in [1.82, 2.24) is 9.97 Å². The predicted molar refractivity (Wildman–Crippen MR) is 86.4 cm³/mol. The average molecular weight is 323 g/mol. The lowest BCUT2D eigenvalue weighted by Crippen LogP contribution is -2.02. The number of fused-ring (bicyclic) bond motifs is 1. The SMILES string of the molecule is CNc1nc(Nc2c(F)cccc2Cl)c2cc(C)sc2n1. The van der Waals surface area contributed by atoms with Gasteiger partial charge in [0.2, 0.25) is 5.95 Å². The van der Waals surface area contributed by atoms with E-state index in [1.54, 1.807) is 30.5 Å². The molecule has 0 amide bonds. The third kappa shape index (κ3) is 2.64. The van der Waals surface area contributed by atoms with Crippen LogP contribution >= 0.6 is 22.9 Å². The summed E-state index contributed by atoms with van der Waals surface area (Å²) in [4.78, 5) is 10.7. The van der Waals surface area contributed by atoms with Gasteiger partial charge in [-0.05, 0) is 25.1 Å². The van der Waals surface area contributed by atoms with E-state index in [1.807, 2.05) is 13.0 Å². The van der Waals surface area contributed by atoms with Crippen LogP contribution in [-0.4, -0.2) is 17.0 Å². The van der Waals surface area contributed by atoms with Crippen LogP contribution in [0.5, 0.6) is 0 Å². The quantitative estimate of drug-likeness (QED) is 0.741. The molecule has 2 aromatic heterocycles. The molecule has 2 N–H and O–H groups in total. The number of hydrogen-bond acceptors (Lipinski definition) is 5. The largest absolute Gasteiger partial charge is 0.357 e. The van der Waals surface area contributed by atoms with Crippen molar-refractivity contribution in [2.24, 2.45) is 0 Å². The summed E-state index contributed by atoms with van der Waals surface area (Å²) in [6.07, 6.45) is 0. The van der Waals surface area contributed by atoms with Gasteiger partial charge in [-0.25, -0.2) is 9.37 Å². The summed E-state index contributed by atoms with van der Waals surface area (Å²) < 4.78 is 13.9. The molecule has 3 aromatic rings. The maximum absolute atomic E-state index is 13.9. The topological polar surface area (TPSA) is 49.8 Å². The molecule has 21 heavy (non-hydrogen) atoms. The van der Waals surface area contributed by atoms with Crippen LogP contribution in [0.2, 0.25) is 5.02 Å². The van der Waals surface area contributed by atoms with Gasteiger partial charge in [0.25, 0.3) is 0 Å². The number of nitrogens with one attached hydrogen (secondary N) is 2. The van der Waals surface area contributed by atoms with Crippen LogP contribution in [0.3, 0.4) is 0 Å². The van der Waals surface area contributed by atoms with Crippen molar-refractivity contribution in [3.63, 3.8) is 0 Å². The summed E-state index contributed by atoms with van der Waals surface area (Å²) in [7, 11) is 1.74. The van der Waals surface area contributed by atoms with Crippen molar-refractivity contribution in [2.75, 3.05) is 17.7 Å². The number of anilines is 3. The molecule has 4 nitrogen and oxygen atoms in total. The average Bonchev–Trinajstić information content (AvgIpc) is 2.83. The molecule has 0 aliphatic rings. The van der Waals surface area contributed by atoms with Gasteiger partial charge in [-0.2, -0.15) is 4.98 Å². The minimum atomic E-state index is -0.424. The zero-order chi connectivity index (χ0) is 15.0. The van der Waals surface area contributed by atoms with Crippen molar-refractivity contribution in [2.45, 2.75) is 6.92 Å². The number of thiophene rings is 1. The Kier molecular flexibility index (Phi) is 3.65. The molecule has 7 heteroatoms. The highest BCUT2D eigenvalue weighted by atomic mass is 35.5. The number of nitrogens with zero attached hydrogens (tertiary/aromatic N) is 2. The van der Waals surface area contributed by atoms with Crippen molar-refractivity contribution < 1.29 is 4.39 Å². The first-order chi connectivity index (χ1) is 10.1. The second-order valence-electron chi connectivity index (χ2n) is 4.44. The molecule has 0 aliphatic carbocycles. The zero-order valence-electron chi connectivity index (χ0n) is 11.4. The first kappa shape index (κ1) is 14.0. The van der Waals surface area contributed by atoms with Crippen LogP contribution in [0, 0.1) is 12.7 Å². The van der Waals surface area contributed by atoms with Gasteiger partial charge in [0.1, 0.15) is 16.5 Å². The number of rotatable bonds is 3. The first-order valence-electron chi connectivity index (χ1n) is 6.25. The Morgan fingerprint density at radius 1 is 1.29 bits per heavy atom. The van der Waals surface area contributed by atoms with Crippen molar-refractivity contribution in [3.05, 3.63) is 40.0 Å². The number of para-hydroxylation sites is 1. The Morgan fingerprint density at radius 2 is 2.10 bits per heavy atom. The molecule has 0 aliphatic heterocycles. The van der Waals surface area contributed by atoms with E-state index in [0.717, 1.165) is 15.1 Å². The Labute approximate surface area is 130 Å². The van der Waals surface area contributed by atoms with Gasteiger partial charge in [0.05, 0.1) is 16.1 Å². The minimum absolute atomic E-state index is 0.213. The Morgan fingerprint density at radius 3 is 2.81 bits per heavy atom. The Balaban J connectivity index is 2.15. The summed E-state index contributed by atoms with van der Waals surface area (Å²) >= 11 is 7.61. The summed E-state index contributed by atoms with van der Waals surface area (Å²) in [5.74, 6) is 0.576. The molecule has 0 fully saturated rings. The lowest BCUT2D eigenvalue weighted by atomic mass is 10.3. The van der Waals surface area contributed by atoms with E-state index in [1.165, 1.54) is 6.07 Å². The highest BCUT2D eigenvalue weighted by molar-refractivity contribution is 7.18. The molecule has 2 heterocycles. The predicted octanol–water partition coefficient (Wildman–Crippen LogP) is 4.58. The third-order valence-electron chi connectivity index (χ3n) is 2.95. The van der Waals surface area contributed by atoms with Gasteiger partial charge >= 0.3 is 0 Å². The number of hydrogen-bond donors (Lipinski definition) is 2. The van der Waals surface area contributed by atoms with Gasteiger partial charge in [-0.15, -0.1) is 11.3 Å². The molecule has 0 unspecified atom stereocenters. The molecule has 0 spiro atoms. The Bertz CT molecular complexity index is 798. The zero-order valence-corrected chi connectivity index (χ0v) is 12.9. The van der Waals surface area contributed by atoms with E-state index < -0.39 is 5.82 Å². The van der Waals surface area contributed by atoms with Crippen LogP contribution in [0.25, 0.3) is 10.2 Å². The number of halogens is 2. The summed E-state index contributed by atoms with van der Waals surface area (Å²) in [6.45, 7) is 1.99. The maximum atomic E-state index is 13.9. The van der Waals surface area contributed by atoms with Gasteiger partial charge < -0.3 is 10.6 Å². The molecule has 0 atom stereocenters. The van der Waals surface area contributed by atoms with E-state index in [0.29, 0.717) is 16.8 Å². The number of aryl methyl sites for hydroxylation is 1. The molecule has 1 aromatic carbocycles. The van der Waals surface area contributed by atoms with E-state index in [4.69, 9.17) is 11.6 Å². The summed E-state index contributed by atoms with van der Waals surface area (Å²) in [6, 6.07) is 6.51. The molecular weight excluding hydrogens is 311 g/mol. The first-order valence-corrected chi connectivity index (χ1v) is 7.45. The monoisotopic (exact) mass is 322 g/mol. The van der Waals surface area contributed by atoms with Crippen LogP contribution in [0.15, 0.2) is 24.3 Å². The van der Waals surface area contributed by atoms with Crippen LogP contribution in [0.4, 0.5) is 21.8 Å². The minimum Gasteiger partial charge on any atom is -0.357 e. The van der Waals surface area contributed by atoms with Crippen molar-refractivity contribution >= 4 is 50.6 Å². The van der Waals surface area contributed by atoms with Crippen LogP contribution in [-0.2, 0) is 0 Å². The van der Waals surface area contributed by atoms with E-state index in [9.17, 15) is 4.39 Å². The lowest BCUT2D eigenvalue weighted by molar-refractivity contribution is 0.632. The van der Waals surface area contributed by atoms with E-state index in [-0.39, 0.29) is 5.69 Å². The van der Waals surface area contributed by atoms with E-state index in [2.05, 4.69) is 20.6 Å². The van der Waals surface area contributed by atoms with Gasteiger partial charge in [-0.1, -0.05) is 17.7 Å². The number of benzene rings is 1. The molecule has 0 saturated heterocycles. The molecular formula is C14H12ClFN4S. The van der Waals surface area contributed by atoms with Crippen molar-refractivity contribution in [1.29, 1.82) is 0 Å². The molecule has 0 bridgehead atoms. The third-order valence-corrected chi connectivity index (χ3v) is 4.21. The standard InChI is InChI=1S/C14H12ClFN4S/c1-7-6-8-12(19-14(17-2)20-13(8)21-7)18-11-9(15)4-3-5-10(11)16/h3-6H,1-2H3,(H2,17,18,19,20). The lowest BCUT2D eigenvalue weighted by Gasteiger charge is -2.10. The van der Waals surface area contributed by atoms with Gasteiger partial charge in [0.15, 0.2) is 0 Å². The van der Waals surface area contributed by atoms with Crippen LogP contribution < -0.4 is 10.6 Å². The fraction of sp³-hybridized carbons (Fsp3) is 0.143. The normalized spacial score (nSPS) is 10.9. The second kappa shape index (κ2) is 5.46. The molecule has 0 saturated carbocycles. The summed E-state index contributed by atoms with van der Waals surface area (Å²) in [5.41, 5.74) is 0.213.